The number of ketones is 1. The molecule has 0 heterocycles. The molecule has 0 radical (unpaired) electrons. The third-order valence-corrected chi connectivity index (χ3v) is 3.04. The molecule has 1 aliphatic carbocycles. The molecule has 1 atom stereocenters. The van der Waals surface area contributed by atoms with Gasteiger partial charge in [-0.15, -0.1) is 0 Å². The van der Waals surface area contributed by atoms with Gasteiger partial charge in [-0.25, -0.2) is 4.99 Å². The van der Waals surface area contributed by atoms with Gasteiger partial charge >= 0.3 is 0 Å². The number of hydrogen-bond acceptors (Lipinski definition) is 3. The zero-order chi connectivity index (χ0) is 13.0. The maximum Gasteiger partial charge on any atom is 0.260 e. The van der Waals surface area contributed by atoms with E-state index in [1.807, 2.05) is 14.1 Å². The van der Waals surface area contributed by atoms with Gasteiger partial charge < -0.3 is 4.90 Å². The lowest BCUT2D eigenvalue weighted by Crippen LogP contribution is -2.27. The fraction of sp³-hybridized carbons (Fsp3) is 0.769. The van der Waals surface area contributed by atoms with Crippen LogP contribution in [0.3, 0.4) is 0 Å². The molecule has 0 N–H and O–H groups in total. The van der Waals surface area contributed by atoms with Crippen molar-refractivity contribution in [3.05, 3.63) is 0 Å². The Morgan fingerprint density at radius 1 is 1.35 bits per heavy atom. The maximum absolute atomic E-state index is 11.7. The maximum atomic E-state index is 11.7. The van der Waals surface area contributed by atoms with Crippen LogP contribution >= 0.6 is 0 Å². The number of rotatable bonds is 6. The van der Waals surface area contributed by atoms with Crippen LogP contribution in [-0.4, -0.2) is 42.9 Å². The molecule has 0 saturated heterocycles. The molecule has 1 fully saturated rings. The van der Waals surface area contributed by atoms with Crippen molar-refractivity contribution in [2.45, 2.75) is 33.1 Å². The van der Waals surface area contributed by atoms with Crippen LogP contribution in [0.2, 0.25) is 0 Å². The zero-order valence-electron chi connectivity index (χ0n) is 11.2. The largest absolute Gasteiger partial charge is 0.301 e. The summed E-state index contributed by atoms with van der Waals surface area (Å²) >= 11 is 0. The molecule has 17 heavy (non-hydrogen) atoms. The normalized spacial score (nSPS) is 18.3. The number of carbonyl (C=O) groups excluding carboxylic acids is 2. The molecule has 1 amide bonds. The van der Waals surface area contributed by atoms with Gasteiger partial charge in [0.2, 0.25) is 0 Å². The minimum Gasteiger partial charge on any atom is -0.301 e. The molecule has 0 bridgehead atoms. The number of aliphatic imine (C=N–C) groups is 1. The summed E-state index contributed by atoms with van der Waals surface area (Å²) in [6.45, 7) is 3.82. The quantitative estimate of drug-likeness (QED) is 0.659. The molecule has 4 nitrogen and oxygen atoms in total. The van der Waals surface area contributed by atoms with E-state index < -0.39 is 0 Å². The highest BCUT2D eigenvalue weighted by molar-refractivity contribution is 6.41. The summed E-state index contributed by atoms with van der Waals surface area (Å²) in [5.74, 6) is 0.462. The smallest absolute Gasteiger partial charge is 0.260 e. The molecule has 0 aliphatic heterocycles. The summed E-state index contributed by atoms with van der Waals surface area (Å²) in [5, 5.41) is 0. The van der Waals surface area contributed by atoms with E-state index in [9.17, 15) is 9.59 Å². The second kappa shape index (κ2) is 6.05. The van der Waals surface area contributed by atoms with Crippen LogP contribution in [0.1, 0.15) is 33.1 Å². The van der Waals surface area contributed by atoms with Crippen LogP contribution in [0.5, 0.6) is 0 Å². The van der Waals surface area contributed by atoms with Crippen LogP contribution in [-0.2, 0) is 9.59 Å². The Bertz CT molecular complexity index is 330. The summed E-state index contributed by atoms with van der Waals surface area (Å²) < 4.78 is 0. The summed E-state index contributed by atoms with van der Waals surface area (Å²) in [6, 6.07) is 0. The minimum atomic E-state index is -0.223. The second-order valence-corrected chi connectivity index (χ2v) is 5.04. The van der Waals surface area contributed by atoms with E-state index in [2.05, 4.69) is 11.9 Å². The van der Waals surface area contributed by atoms with Gasteiger partial charge in [-0.1, -0.05) is 6.92 Å². The van der Waals surface area contributed by atoms with Crippen molar-refractivity contribution in [3.8, 4) is 0 Å². The van der Waals surface area contributed by atoms with Gasteiger partial charge in [-0.2, -0.15) is 0 Å². The summed E-state index contributed by atoms with van der Waals surface area (Å²) in [7, 11) is 3.64. The number of carbonyl (C=O) groups is 2. The highest BCUT2D eigenvalue weighted by atomic mass is 16.2. The Labute approximate surface area is 103 Å². The molecule has 0 aromatic carbocycles. The van der Waals surface area contributed by atoms with E-state index in [0.717, 1.165) is 19.3 Å². The lowest BCUT2D eigenvalue weighted by atomic mass is 9.92. The van der Waals surface area contributed by atoms with E-state index >= 15 is 0 Å². The molecule has 0 spiro atoms. The van der Waals surface area contributed by atoms with Crippen molar-refractivity contribution in [2.24, 2.45) is 16.8 Å². The highest BCUT2D eigenvalue weighted by Crippen LogP contribution is 2.39. The van der Waals surface area contributed by atoms with Gasteiger partial charge in [-0.05, 0) is 39.3 Å². The average Bonchev–Trinajstić information content (AvgIpc) is 3.00. The minimum absolute atomic E-state index is 0.0594. The van der Waals surface area contributed by atoms with E-state index in [0.29, 0.717) is 11.6 Å². The van der Waals surface area contributed by atoms with Crippen molar-refractivity contribution in [1.82, 2.24) is 4.90 Å². The fourth-order valence-electron chi connectivity index (χ4n) is 2.11. The van der Waals surface area contributed by atoms with Crippen molar-refractivity contribution < 1.29 is 9.59 Å². The molecule has 0 aromatic rings. The van der Waals surface area contributed by atoms with Gasteiger partial charge in [-0.3, -0.25) is 9.59 Å². The van der Waals surface area contributed by atoms with Crippen LogP contribution < -0.4 is 0 Å². The topological polar surface area (TPSA) is 49.7 Å². The first-order chi connectivity index (χ1) is 7.95. The number of likely N-dealkylation sites (N-methyl/N-ethyl adjacent to an activating group) is 1. The molecule has 1 saturated carbocycles. The standard InChI is InChI=1S/C13H22N2O2/c1-5-11(10-6-7-10)13(9(2)16)14-12(17)8-15(3)4/h10-11H,5-8H2,1-4H3. The SMILES string of the molecule is CCC(C(=NC(=O)CN(C)C)C(C)=O)C1CC1. The monoisotopic (exact) mass is 238 g/mol. The average molecular weight is 238 g/mol. The van der Waals surface area contributed by atoms with Crippen LogP contribution in [0, 0.1) is 11.8 Å². The zero-order valence-corrected chi connectivity index (χ0v) is 11.2. The molecule has 1 unspecified atom stereocenters. The Morgan fingerprint density at radius 2 is 1.94 bits per heavy atom. The predicted molar refractivity (Wildman–Crippen MR) is 68.2 cm³/mol. The van der Waals surface area contributed by atoms with Gasteiger partial charge in [0.25, 0.3) is 5.91 Å². The summed E-state index contributed by atoms with van der Waals surface area (Å²) in [6.07, 6.45) is 3.21. The van der Waals surface area contributed by atoms with Crippen molar-refractivity contribution >= 4 is 17.4 Å². The molecule has 0 aromatic heterocycles. The van der Waals surface area contributed by atoms with Crippen molar-refractivity contribution in [1.29, 1.82) is 0 Å². The van der Waals surface area contributed by atoms with E-state index in [1.165, 1.54) is 6.92 Å². The second-order valence-electron chi connectivity index (χ2n) is 5.04. The fourth-order valence-corrected chi connectivity index (χ4v) is 2.11. The summed E-state index contributed by atoms with van der Waals surface area (Å²) in [4.78, 5) is 29.1. The Morgan fingerprint density at radius 3 is 2.29 bits per heavy atom. The Balaban J connectivity index is 2.79. The Hall–Kier alpha value is -1.03. The first-order valence-corrected chi connectivity index (χ1v) is 6.22. The van der Waals surface area contributed by atoms with E-state index in [1.54, 1.807) is 4.90 Å². The van der Waals surface area contributed by atoms with Crippen LogP contribution in [0.25, 0.3) is 0 Å². The highest BCUT2D eigenvalue weighted by Gasteiger charge is 2.35. The first kappa shape index (κ1) is 14.0. The number of hydrogen-bond donors (Lipinski definition) is 0. The number of amides is 1. The molecular formula is C13H22N2O2. The van der Waals surface area contributed by atoms with Gasteiger partial charge in [0.1, 0.15) is 0 Å². The molecule has 4 heteroatoms. The lowest BCUT2D eigenvalue weighted by molar-refractivity contribution is -0.119. The Kier molecular flexibility index (Phi) is 5.00. The van der Waals surface area contributed by atoms with Gasteiger partial charge in [0.15, 0.2) is 5.78 Å². The van der Waals surface area contributed by atoms with Crippen LogP contribution in [0.4, 0.5) is 0 Å². The van der Waals surface area contributed by atoms with Crippen molar-refractivity contribution in [2.75, 3.05) is 20.6 Å². The first-order valence-electron chi connectivity index (χ1n) is 6.22. The van der Waals surface area contributed by atoms with E-state index in [4.69, 9.17) is 0 Å². The van der Waals surface area contributed by atoms with Crippen molar-refractivity contribution in [3.63, 3.8) is 0 Å². The number of Topliss-reactive ketones (excluding diaryl/α,β-unsaturated/α-hetero) is 1. The molecule has 96 valence electrons. The third-order valence-electron chi connectivity index (χ3n) is 3.04. The summed E-state index contributed by atoms with van der Waals surface area (Å²) in [5.41, 5.74) is 0.488. The number of nitrogens with zero attached hydrogens (tertiary/aromatic N) is 2. The van der Waals surface area contributed by atoms with Crippen LogP contribution in [0.15, 0.2) is 4.99 Å². The molecular weight excluding hydrogens is 216 g/mol. The van der Waals surface area contributed by atoms with E-state index in [-0.39, 0.29) is 24.2 Å². The van der Waals surface area contributed by atoms with Gasteiger partial charge in [0, 0.05) is 12.8 Å². The lowest BCUT2D eigenvalue weighted by Gasteiger charge is -2.15. The molecule has 1 aliphatic rings. The van der Waals surface area contributed by atoms with Gasteiger partial charge in [0.05, 0.1) is 12.3 Å². The molecule has 1 rings (SSSR count). The predicted octanol–water partition coefficient (Wildman–Crippen LogP) is 1.54. The third kappa shape index (κ3) is 4.38.